The Morgan fingerprint density at radius 3 is 2.65 bits per heavy atom. The van der Waals surface area contributed by atoms with Crippen molar-refractivity contribution in [1.29, 1.82) is 0 Å². The van der Waals surface area contributed by atoms with Crippen molar-refractivity contribution in [3.05, 3.63) is 36.5 Å². The molecule has 2 atom stereocenters. The van der Waals surface area contributed by atoms with Gasteiger partial charge < -0.3 is 9.80 Å². The Labute approximate surface area is 134 Å². The molecule has 1 saturated heterocycles. The molecule has 2 fully saturated rings. The molecule has 0 radical (unpaired) electrons. The molecule has 23 heavy (non-hydrogen) atoms. The van der Waals surface area contributed by atoms with Crippen LogP contribution in [0.25, 0.3) is 0 Å². The maximum Gasteiger partial charge on any atom is 0.226 e. The van der Waals surface area contributed by atoms with Crippen molar-refractivity contribution in [2.75, 3.05) is 31.1 Å². The molecular weight excluding hydrogens is 292 g/mol. The molecule has 1 saturated carbocycles. The van der Waals surface area contributed by atoms with E-state index in [-0.39, 0.29) is 11.8 Å². The maximum absolute atomic E-state index is 12.6. The van der Waals surface area contributed by atoms with Crippen molar-refractivity contribution in [2.24, 2.45) is 13.0 Å². The summed E-state index contributed by atoms with van der Waals surface area (Å²) in [5.74, 6) is 1.67. The van der Waals surface area contributed by atoms with Gasteiger partial charge in [-0.25, -0.2) is 4.98 Å². The summed E-state index contributed by atoms with van der Waals surface area (Å²) in [6, 6.07) is 0. The molecule has 0 N–H and O–H groups in total. The van der Waals surface area contributed by atoms with Gasteiger partial charge in [-0.1, -0.05) is 0 Å². The number of carbonyl (C=O) groups excluding carboxylic acids is 1. The van der Waals surface area contributed by atoms with E-state index in [4.69, 9.17) is 0 Å². The lowest BCUT2D eigenvalue weighted by atomic mass is 10.1. The fourth-order valence-electron chi connectivity index (χ4n) is 3.31. The van der Waals surface area contributed by atoms with Gasteiger partial charge in [-0.15, -0.1) is 0 Å². The largest absolute Gasteiger partial charge is 0.352 e. The number of hydrogen-bond donors (Lipinski definition) is 0. The molecule has 0 bridgehead atoms. The number of aryl methyl sites for hydroxylation is 1. The quantitative estimate of drug-likeness (QED) is 0.833. The Balaban J connectivity index is 1.33. The van der Waals surface area contributed by atoms with E-state index >= 15 is 0 Å². The molecule has 4 rings (SSSR count). The summed E-state index contributed by atoms with van der Waals surface area (Å²) in [6.07, 6.45) is 10.0. The van der Waals surface area contributed by atoms with Crippen LogP contribution in [0.2, 0.25) is 0 Å². The summed E-state index contributed by atoms with van der Waals surface area (Å²) in [4.78, 5) is 25.3. The first-order valence-corrected chi connectivity index (χ1v) is 8.00. The lowest BCUT2D eigenvalue weighted by Crippen LogP contribution is -2.49. The van der Waals surface area contributed by atoms with Crippen LogP contribution in [0, 0.1) is 5.92 Å². The summed E-state index contributed by atoms with van der Waals surface area (Å²) in [5.41, 5.74) is 1.18. The van der Waals surface area contributed by atoms with Crippen LogP contribution in [0.1, 0.15) is 17.9 Å². The lowest BCUT2D eigenvalue weighted by Gasteiger charge is -2.35. The van der Waals surface area contributed by atoms with Gasteiger partial charge in [0.2, 0.25) is 5.91 Å². The van der Waals surface area contributed by atoms with Crippen molar-refractivity contribution in [1.82, 2.24) is 24.6 Å². The average Bonchev–Trinajstić information content (AvgIpc) is 3.29. The second-order valence-electron chi connectivity index (χ2n) is 6.27. The Morgan fingerprint density at radius 1 is 1.17 bits per heavy atom. The normalized spacial score (nSPS) is 23.9. The number of hydrogen-bond acceptors (Lipinski definition) is 5. The van der Waals surface area contributed by atoms with Crippen molar-refractivity contribution in [2.45, 2.75) is 12.3 Å². The lowest BCUT2D eigenvalue weighted by molar-refractivity contribution is -0.133. The summed E-state index contributed by atoms with van der Waals surface area (Å²) < 4.78 is 1.80. The first-order chi connectivity index (χ1) is 11.2. The highest BCUT2D eigenvalue weighted by Gasteiger charge is 2.46. The number of nitrogens with zero attached hydrogens (tertiary/aromatic N) is 6. The third kappa shape index (κ3) is 2.78. The third-order valence-corrected chi connectivity index (χ3v) is 4.73. The molecule has 120 valence electrons. The molecule has 0 aromatic carbocycles. The van der Waals surface area contributed by atoms with Gasteiger partial charge in [0.25, 0.3) is 0 Å². The van der Waals surface area contributed by atoms with E-state index in [2.05, 4.69) is 20.0 Å². The van der Waals surface area contributed by atoms with E-state index in [1.54, 1.807) is 23.3 Å². The summed E-state index contributed by atoms with van der Waals surface area (Å²) >= 11 is 0. The molecule has 2 aliphatic rings. The zero-order chi connectivity index (χ0) is 15.8. The molecule has 0 spiro atoms. The Morgan fingerprint density at radius 2 is 2.00 bits per heavy atom. The van der Waals surface area contributed by atoms with E-state index in [9.17, 15) is 4.79 Å². The molecular formula is C16H20N6O. The number of piperazine rings is 1. The molecule has 0 unspecified atom stereocenters. The van der Waals surface area contributed by atoms with Gasteiger partial charge in [-0.3, -0.25) is 14.5 Å². The predicted octanol–water partition coefficient (Wildman–Crippen LogP) is 0.662. The van der Waals surface area contributed by atoms with E-state index in [0.717, 1.165) is 38.4 Å². The third-order valence-electron chi connectivity index (χ3n) is 4.73. The van der Waals surface area contributed by atoms with Gasteiger partial charge in [0.15, 0.2) is 0 Å². The molecule has 7 heteroatoms. The number of anilines is 1. The van der Waals surface area contributed by atoms with Gasteiger partial charge in [0, 0.05) is 57.7 Å². The molecule has 2 aromatic rings. The Hall–Kier alpha value is -2.44. The van der Waals surface area contributed by atoms with Crippen molar-refractivity contribution in [3.63, 3.8) is 0 Å². The van der Waals surface area contributed by atoms with Crippen LogP contribution in [0.15, 0.2) is 31.0 Å². The summed E-state index contributed by atoms with van der Waals surface area (Å²) in [5, 5.41) is 4.20. The molecule has 1 aliphatic carbocycles. The zero-order valence-corrected chi connectivity index (χ0v) is 13.2. The van der Waals surface area contributed by atoms with E-state index in [1.165, 1.54) is 5.56 Å². The van der Waals surface area contributed by atoms with Crippen LogP contribution in [-0.2, 0) is 11.8 Å². The summed E-state index contributed by atoms with van der Waals surface area (Å²) in [7, 11) is 1.91. The second kappa shape index (κ2) is 5.64. The van der Waals surface area contributed by atoms with Crippen LogP contribution in [-0.4, -0.2) is 56.7 Å². The smallest absolute Gasteiger partial charge is 0.226 e. The Kier molecular flexibility index (Phi) is 3.48. The van der Waals surface area contributed by atoms with Crippen molar-refractivity contribution >= 4 is 11.7 Å². The fraction of sp³-hybridized carbons (Fsp3) is 0.500. The van der Waals surface area contributed by atoms with Crippen LogP contribution in [0.3, 0.4) is 0 Å². The molecule has 1 amide bonds. The molecule has 7 nitrogen and oxygen atoms in total. The SMILES string of the molecule is Cn1cc([C@H]2C[C@H]2C(=O)N2CCN(c3cnccn3)CC2)cn1. The predicted molar refractivity (Wildman–Crippen MR) is 84.9 cm³/mol. The monoisotopic (exact) mass is 312 g/mol. The first-order valence-electron chi connectivity index (χ1n) is 8.00. The van der Waals surface area contributed by atoms with E-state index in [1.807, 2.05) is 24.3 Å². The topological polar surface area (TPSA) is 67.2 Å². The van der Waals surface area contributed by atoms with E-state index < -0.39 is 0 Å². The standard InChI is InChI=1S/C16H20N6O/c1-20-11-12(9-19-20)13-8-14(13)16(23)22-6-4-21(5-7-22)15-10-17-2-3-18-15/h2-3,9-11,13-14H,4-8H2,1H3/t13-,14-/m1/s1. The number of aromatic nitrogens is 4. The van der Waals surface area contributed by atoms with Gasteiger partial charge in [0.1, 0.15) is 5.82 Å². The molecule has 3 heterocycles. The number of amides is 1. The van der Waals surface area contributed by atoms with Crippen molar-refractivity contribution in [3.8, 4) is 0 Å². The minimum absolute atomic E-state index is 0.141. The summed E-state index contributed by atoms with van der Waals surface area (Å²) in [6.45, 7) is 3.14. The molecule has 2 aromatic heterocycles. The van der Waals surface area contributed by atoms with Gasteiger partial charge >= 0.3 is 0 Å². The van der Waals surface area contributed by atoms with Crippen LogP contribution < -0.4 is 4.90 Å². The average molecular weight is 312 g/mol. The Bertz CT molecular complexity index is 692. The van der Waals surface area contributed by atoms with E-state index in [0.29, 0.717) is 5.92 Å². The highest BCUT2D eigenvalue weighted by molar-refractivity contribution is 5.83. The van der Waals surface area contributed by atoms with Crippen LogP contribution >= 0.6 is 0 Å². The second-order valence-corrected chi connectivity index (χ2v) is 6.27. The number of carbonyl (C=O) groups is 1. The highest BCUT2D eigenvalue weighted by Crippen LogP contribution is 2.48. The van der Waals surface area contributed by atoms with Gasteiger partial charge in [-0.05, 0) is 17.9 Å². The van der Waals surface area contributed by atoms with Crippen LogP contribution in [0.4, 0.5) is 5.82 Å². The van der Waals surface area contributed by atoms with Crippen molar-refractivity contribution < 1.29 is 4.79 Å². The van der Waals surface area contributed by atoms with Gasteiger partial charge in [0.05, 0.1) is 12.4 Å². The zero-order valence-electron chi connectivity index (χ0n) is 13.2. The highest BCUT2D eigenvalue weighted by atomic mass is 16.2. The number of rotatable bonds is 3. The van der Waals surface area contributed by atoms with Gasteiger partial charge in [-0.2, -0.15) is 5.10 Å². The minimum atomic E-state index is 0.141. The minimum Gasteiger partial charge on any atom is -0.352 e. The fourth-order valence-corrected chi connectivity index (χ4v) is 3.31. The maximum atomic E-state index is 12.6. The first kappa shape index (κ1) is 14.2. The molecule has 1 aliphatic heterocycles. The van der Waals surface area contributed by atoms with Crippen LogP contribution in [0.5, 0.6) is 0 Å².